The lowest BCUT2D eigenvalue weighted by molar-refractivity contribution is 0.184. The fourth-order valence-electron chi connectivity index (χ4n) is 9.41. The number of halogens is 1. The van der Waals surface area contributed by atoms with Crippen LogP contribution in [-0.4, -0.2) is 128 Å². The van der Waals surface area contributed by atoms with E-state index in [0.717, 1.165) is 102 Å². The Morgan fingerprint density at radius 3 is 2.46 bits per heavy atom. The van der Waals surface area contributed by atoms with Crippen LogP contribution >= 0.6 is 0 Å². The van der Waals surface area contributed by atoms with Crippen LogP contribution in [0.4, 0.5) is 10.1 Å². The lowest BCUT2D eigenvalue weighted by Gasteiger charge is -2.35. The average molecular weight is 768 g/mol. The maximum atomic E-state index is 14.9. The topological polar surface area (TPSA) is 79.3 Å². The van der Waals surface area contributed by atoms with Crippen molar-refractivity contribution in [3.05, 3.63) is 77.2 Å². The average Bonchev–Trinajstić information content (AvgIpc) is 3.92. The Kier molecular flexibility index (Phi) is 15.7. The van der Waals surface area contributed by atoms with Crippen LogP contribution in [0, 0.1) is 5.82 Å². The lowest BCUT2D eigenvalue weighted by atomic mass is 9.96. The molecule has 0 aromatic heterocycles. The molecule has 3 unspecified atom stereocenters. The van der Waals surface area contributed by atoms with Crippen LogP contribution < -0.4 is 10.6 Å². The number of anilines is 1. The molecule has 10 heteroatoms. The Hall–Kier alpha value is -4.02. The van der Waals surface area contributed by atoms with E-state index >= 15 is 0 Å². The second-order valence-corrected chi connectivity index (χ2v) is 15.5. The molecule has 306 valence electrons. The summed E-state index contributed by atoms with van der Waals surface area (Å²) < 4.78 is 14.9. The van der Waals surface area contributed by atoms with E-state index in [4.69, 9.17) is 15.7 Å². The fraction of sp³-hybridized carbons (Fsp3) is 0.587. The first kappa shape index (κ1) is 43.1. The molecule has 7 rings (SSSR count). The highest BCUT2D eigenvalue weighted by Gasteiger charge is 2.42. The molecule has 2 aromatic rings. The molecule has 56 heavy (non-hydrogen) atoms. The van der Waals surface area contributed by atoms with Crippen LogP contribution in [0.15, 0.2) is 80.8 Å². The number of likely N-dealkylation sites (tertiary alicyclic amines) is 3. The molecule has 0 amide bonds. The van der Waals surface area contributed by atoms with Crippen molar-refractivity contribution in [2.75, 3.05) is 77.4 Å². The third-order valence-corrected chi connectivity index (χ3v) is 12.3. The summed E-state index contributed by atoms with van der Waals surface area (Å²) in [6, 6.07) is 11.7. The minimum Gasteiger partial charge on any atom is -0.397 e. The molecule has 0 radical (unpaired) electrons. The molecule has 3 atom stereocenters. The van der Waals surface area contributed by atoms with Crippen LogP contribution in [0.5, 0.6) is 0 Å². The molecule has 0 aliphatic carbocycles. The molecular weight excluding hydrogens is 698 g/mol. The molecule has 5 heterocycles. The van der Waals surface area contributed by atoms with Gasteiger partial charge in [-0.2, -0.15) is 0 Å². The van der Waals surface area contributed by atoms with Gasteiger partial charge in [0, 0.05) is 74.0 Å². The molecule has 4 saturated heterocycles. The second-order valence-electron chi connectivity index (χ2n) is 15.5. The van der Waals surface area contributed by atoms with E-state index in [1.165, 1.54) is 38.8 Å². The number of hydrogen-bond acceptors (Lipinski definition) is 9. The zero-order chi connectivity index (χ0) is 40.4. The van der Waals surface area contributed by atoms with E-state index in [1.54, 1.807) is 6.07 Å². The van der Waals surface area contributed by atoms with Crippen LogP contribution in [0.1, 0.15) is 85.6 Å². The smallest absolute Gasteiger partial charge is 0.133 e. The van der Waals surface area contributed by atoms with Gasteiger partial charge in [0.25, 0.3) is 0 Å². The van der Waals surface area contributed by atoms with Crippen molar-refractivity contribution in [1.29, 1.82) is 0 Å². The third-order valence-electron chi connectivity index (χ3n) is 12.3. The van der Waals surface area contributed by atoms with Gasteiger partial charge in [0.1, 0.15) is 11.6 Å². The number of fused-ring (bicyclic) bond motifs is 3. The van der Waals surface area contributed by atoms with Crippen molar-refractivity contribution in [2.45, 2.75) is 105 Å². The number of likely N-dealkylation sites (N-methyl/N-ethyl adjacent to an activating group) is 1. The maximum Gasteiger partial charge on any atom is 0.133 e. The highest BCUT2D eigenvalue weighted by Crippen LogP contribution is 2.36. The molecular formula is C46H70FN9. The number of nitrogens with two attached hydrogens (primary N) is 1. The van der Waals surface area contributed by atoms with Crippen LogP contribution in [-0.2, 0) is 6.42 Å². The Balaban J connectivity index is 0.000000476. The van der Waals surface area contributed by atoms with Gasteiger partial charge in [-0.3, -0.25) is 14.9 Å². The monoisotopic (exact) mass is 768 g/mol. The molecule has 0 spiro atoms. The van der Waals surface area contributed by atoms with E-state index in [0.29, 0.717) is 43.8 Å². The maximum absolute atomic E-state index is 14.9. The van der Waals surface area contributed by atoms with Crippen molar-refractivity contribution in [1.82, 2.24) is 19.6 Å². The SMILES string of the molecule is C=N/C(=C1/CCN(c2cccc3ccc(F)c(CC)c23)CC1=NCC)N1CCCN=C(/C=C(\N)C(=C)N2CC3CC2CN3C)C1.CC.CCC1CCCN1CC. The number of nitrogens with zero attached hydrogens (tertiary/aromatic N) is 8. The summed E-state index contributed by atoms with van der Waals surface area (Å²) in [5.41, 5.74) is 13.1. The van der Waals surface area contributed by atoms with Crippen LogP contribution in [0.3, 0.4) is 0 Å². The van der Waals surface area contributed by atoms with Gasteiger partial charge in [-0.1, -0.05) is 59.4 Å². The molecule has 2 aromatic carbocycles. The molecule has 5 aliphatic rings. The Morgan fingerprint density at radius 2 is 1.82 bits per heavy atom. The lowest BCUT2D eigenvalue weighted by Crippen LogP contribution is -2.44. The summed E-state index contributed by atoms with van der Waals surface area (Å²) in [4.78, 5) is 26.5. The molecule has 4 fully saturated rings. The number of hydrogen-bond donors (Lipinski definition) is 1. The highest BCUT2D eigenvalue weighted by atomic mass is 19.1. The number of benzene rings is 2. The van der Waals surface area contributed by atoms with Gasteiger partial charge in [-0.05, 0) is 108 Å². The van der Waals surface area contributed by atoms with E-state index in [1.807, 2.05) is 32.9 Å². The predicted molar refractivity (Wildman–Crippen MR) is 238 cm³/mol. The number of aryl methyl sites for hydroxylation is 1. The molecule has 2 bridgehead atoms. The summed E-state index contributed by atoms with van der Waals surface area (Å²) in [5.74, 6) is 0.730. The van der Waals surface area contributed by atoms with Crippen molar-refractivity contribution < 1.29 is 4.39 Å². The number of piperazine rings is 1. The van der Waals surface area contributed by atoms with Gasteiger partial charge in [0.2, 0.25) is 0 Å². The van der Waals surface area contributed by atoms with Gasteiger partial charge in [-0.15, -0.1) is 0 Å². The van der Waals surface area contributed by atoms with Gasteiger partial charge < -0.3 is 25.3 Å². The van der Waals surface area contributed by atoms with Crippen molar-refractivity contribution in [3.63, 3.8) is 0 Å². The number of piperidine rings is 1. The first-order valence-electron chi connectivity index (χ1n) is 21.5. The number of aliphatic imine (C=N–C) groups is 3. The first-order valence-corrected chi connectivity index (χ1v) is 21.5. The Labute approximate surface area is 337 Å². The fourth-order valence-corrected chi connectivity index (χ4v) is 9.41. The van der Waals surface area contributed by atoms with E-state index in [2.05, 4.69) is 88.8 Å². The summed E-state index contributed by atoms with van der Waals surface area (Å²) in [5, 5.41) is 2.06. The van der Waals surface area contributed by atoms with E-state index in [9.17, 15) is 4.39 Å². The highest BCUT2D eigenvalue weighted by molar-refractivity contribution is 6.07. The van der Waals surface area contributed by atoms with Gasteiger partial charge in [-0.25, -0.2) is 9.38 Å². The van der Waals surface area contributed by atoms with Gasteiger partial charge in [0.05, 0.1) is 35.9 Å². The second kappa shape index (κ2) is 20.4. The molecule has 9 nitrogen and oxygen atoms in total. The van der Waals surface area contributed by atoms with Crippen molar-refractivity contribution >= 4 is 34.6 Å². The van der Waals surface area contributed by atoms with Crippen LogP contribution in [0.2, 0.25) is 0 Å². The summed E-state index contributed by atoms with van der Waals surface area (Å²) in [6.45, 7) is 29.9. The molecule has 0 saturated carbocycles. The Bertz CT molecular complexity index is 1780. The summed E-state index contributed by atoms with van der Waals surface area (Å²) in [7, 11) is 2.20. The van der Waals surface area contributed by atoms with Crippen LogP contribution in [0.25, 0.3) is 10.8 Å². The predicted octanol–water partition coefficient (Wildman–Crippen LogP) is 7.92. The zero-order valence-corrected chi connectivity index (χ0v) is 35.7. The van der Waals surface area contributed by atoms with Crippen molar-refractivity contribution in [3.8, 4) is 0 Å². The minimum atomic E-state index is -0.146. The summed E-state index contributed by atoms with van der Waals surface area (Å²) >= 11 is 0. The first-order chi connectivity index (χ1) is 27.2. The van der Waals surface area contributed by atoms with E-state index < -0.39 is 0 Å². The largest absolute Gasteiger partial charge is 0.397 e. The molecule has 5 aliphatic heterocycles. The Morgan fingerprint density at radius 1 is 1.02 bits per heavy atom. The van der Waals surface area contributed by atoms with Gasteiger partial charge in [0.15, 0.2) is 0 Å². The minimum absolute atomic E-state index is 0.146. The standard InChI is InChI=1S/C36H47FN8.C8H17N.C2H6/c1-6-29-31(37)13-12-25-10-8-11-34(35(25)29)43-17-14-30(33(23-43)40-7-2)36(39-4)44-16-9-15-41-26(20-44)18-32(38)24(3)45-22-27-19-28(45)21-42(27)5;1-3-8-6-5-7-9(8)4-2;1-2/h8,10-13,18,27-28H,3-4,6-7,9,14-17,19-23,38H2,1-2,5H3;8H,3-7H2,1-2H3;1-2H3/b32-18-,36-30+,40-33?;;. The molecule has 2 N–H and O–H groups in total. The normalized spacial score (nSPS) is 24.8. The third kappa shape index (κ3) is 9.56. The van der Waals surface area contributed by atoms with Crippen molar-refractivity contribution in [2.24, 2.45) is 20.7 Å². The number of rotatable bonds is 10. The summed E-state index contributed by atoms with van der Waals surface area (Å²) in [6.07, 6.45) is 9.71. The van der Waals surface area contributed by atoms with Gasteiger partial charge >= 0.3 is 0 Å². The van der Waals surface area contributed by atoms with E-state index in [-0.39, 0.29) is 5.82 Å². The quantitative estimate of drug-likeness (QED) is 0.196. The zero-order valence-electron chi connectivity index (χ0n) is 35.7.